The molecule has 2 atom stereocenters. The second-order valence-electron chi connectivity index (χ2n) is 8.65. The molecule has 4 rings (SSSR count). The van der Waals surface area contributed by atoms with Crippen molar-refractivity contribution in [2.24, 2.45) is 0 Å². The van der Waals surface area contributed by atoms with Crippen LogP contribution in [-0.4, -0.2) is 35.7 Å². The molecule has 4 nitrogen and oxygen atoms in total. The first kappa shape index (κ1) is 18.8. The molecule has 0 radical (unpaired) electrons. The van der Waals surface area contributed by atoms with E-state index >= 15 is 0 Å². The second kappa shape index (κ2) is 7.12. The van der Waals surface area contributed by atoms with Crippen LogP contribution in [0.4, 0.5) is 14.9 Å². The predicted molar refractivity (Wildman–Crippen MR) is 109 cm³/mol. The number of amides is 1. The van der Waals surface area contributed by atoms with E-state index in [0.717, 1.165) is 24.1 Å². The standard InChI is InChI=1S/C23H27FN2O2/c1-23(2,3)28-22(27)26-13-11-17-19(12-14-26)25-20-10-6-8-16(21(17)20)15-7-4-5-9-18(15)24/h4-10,17,19,25H,11-14H2,1-3H3/t17-,19-/m0/s1. The summed E-state index contributed by atoms with van der Waals surface area (Å²) in [5.74, 6) is 0.0431. The number of fused-ring (bicyclic) bond motifs is 3. The van der Waals surface area contributed by atoms with E-state index in [9.17, 15) is 9.18 Å². The number of ether oxygens (including phenoxy) is 1. The number of nitrogens with zero attached hydrogens (tertiary/aromatic N) is 1. The minimum Gasteiger partial charge on any atom is -0.444 e. The molecule has 2 aliphatic rings. The Balaban J connectivity index is 1.61. The number of rotatable bonds is 1. The van der Waals surface area contributed by atoms with Crippen molar-refractivity contribution < 1.29 is 13.9 Å². The van der Waals surface area contributed by atoms with E-state index in [1.807, 2.05) is 45.0 Å². The lowest BCUT2D eigenvalue weighted by atomic mass is 9.86. The highest BCUT2D eigenvalue weighted by atomic mass is 19.1. The molecule has 5 heteroatoms. The topological polar surface area (TPSA) is 41.6 Å². The van der Waals surface area contributed by atoms with Gasteiger partial charge in [0.05, 0.1) is 0 Å². The zero-order chi connectivity index (χ0) is 19.9. The molecule has 0 saturated carbocycles. The first-order chi connectivity index (χ1) is 13.3. The predicted octanol–water partition coefficient (Wildman–Crippen LogP) is 5.40. The van der Waals surface area contributed by atoms with Gasteiger partial charge in [0.1, 0.15) is 11.4 Å². The van der Waals surface area contributed by atoms with Crippen molar-refractivity contribution in [3.63, 3.8) is 0 Å². The van der Waals surface area contributed by atoms with Crippen molar-refractivity contribution in [2.45, 2.75) is 51.2 Å². The lowest BCUT2D eigenvalue weighted by Crippen LogP contribution is -2.37. The maximum absolute atomic E-state index is 14.5. The summed E-state index contributed by atoms with van der Waals surface area (Å²) in [4.78, 5) is 14.3. The number of likely N-dealkylation sites (tertiary alicyclic amines) is 1. The number of nitrogens with one attached hydrogen (secondary N) is 1. The zero-order valence-corrected chi connectivity index (χ0v) is 16.7. The lowest BCUT2D eigenvalue weighted by molar-refractivity contribution is 0.0256. The van der Waals surface area contributed by atoms with Crippen LogP contribution in [0.3, 0.4) is 0 Å². The highest BCUT2D eigenvalue weighted by Gasteiger charge is 2.38. The Labute approximate surface area is 165 Å². The van der Waals surface area contributed by atoms with Crippen molar-refractivity contribution in [3.05, 3.63) is 53.8 Å². The third-order valence-corrected chi connectivity index (χ3v) is 5.54. The Morgan fingerprint density at radius 2 is 1.79 bits per heavy atom. The maximum Gasteiger partial charge on any atom is 0.410 e. The molecule has 1 fully saturated rings. The van der Waals surface area contributed by atoms with Crippen LogP contribution in [0.1, 0.15) is 45.1 Å². The Bertz CT molecular complexity index is 890. The van der Waals surface area contributed by atoms with Crippen molar-refractivity contribution in [1.29, 1.82) is 0 Å². The zero-order valence-electron chi connectivity index (χ0n) is 16.7. The van der Waals surface area contributed by atoms with E-state index in [1.54, 1.807) is 11.0 Å². The third-order valence-electron chi connectivity index (χ3n) is 5.54. The molecule has 148 valence electrons. The summed E-state index contributed by atoms with van der Waals surface area (Å²) in [6.07, 6.45) is 1.42. The fourth-order valence-corrected chi connectivity index (χ4v) is 4.34. The number of anilines is 1. The van der Waals surface area contributed by atoms with Gasteiger partial charge in [-0.25, -0.2) is 9.18 Å². The fourth-order valence-electron chi connectivity index (χ4n) is 4.34. The molecule has 0 unspecified atom stereocenters. The minimum absolute atomic E-state index is 0.205. The highest BCUT2D eigenvalue weighted by molar-refractivity contribution is 5.78. The van der Waals surface area contributed by atoms with Gasteiger partial charge < -0.3 is 15.0 Å². The van der Waals surface area contributed by atoms with Crippen molar-refractivity contribution >= 4 is 11.8 Å². The largest absolute Gasteiger partial charge is 0.444 e. The van der Waals surface area contributed by atoms with Crippen LogP contribution in [0.15, 0.2) is 42.5 Å². The summed E-state index contributed by atoms with van der Waals surface area (Å²) in [5.41, 5.74) is 3.34. The van der Waals surface area contributed by atoms with Crippen LogP contribution in [0.25, 0.3) is 11.1 Å². The summed E-state index contributed by atoms with van der Waals surface area (Å²) in [5, 5.41) is 3.61. The number of benzene rings is 2. The molecule has 2 aromatic rings. The van der Waals surface area contributed by atoms with E-state index < -0.39 is 5.60 Å². The van der Waals surface area contributed by atoms with Crippen molar-refractivity contribution in [3.8, 4) is 11.1 Å². The highest BCUT2D eigenvalue weighted by Crippen LogP contribution is 2.46. The normalized spacial score (nSPS) is 21.4. The summed E-state index contributed by atoms with van der Waals surface area (Å²) in [7, 11) is 0. The van der Waals surface area contributed by atoms with Crippen LogP contribution in [0, 0.1) is 5.82 Å². The van der Waals surface area contributed by atoms with Crippen LogP contribution in [-0.2, 0) is 4.74 Å². The van der Waals surface area contributed by atoms with Gasteiger partial charge in [-0.2, -0.15) is 0 Å². The molecule has 2 aromatic carbocycles. The first-order valence-electron chi connectivity index (χ1n) is 9.96. The molecule has 0 aliphatic carbocycles. The van der Waals surface area contributed by atoms with Crippen LogP contribution in [0.5, 0.6) is 0 Å². The Morgan fingerprint density at radius 3 is 2.54 bits per heavy atom. The number of carbonyl (C=O) groups excluding carboxylic acids is 1. The van der Waals surface area contributed by atoms with Crippen molar-refractivity contribution in [2.75, 3.05) is 18.4 Å². The number of halogens is 1. The quantitative estimate of drug-likeness (QED) is 0.718. The molecule has 1 N–H and O–H groups in total. The van der Waals surface area contributed by atoms with Crippen LogP contribution in [0.2, 0.25) is 0 Å². The maximum atomic E-state index is 14.5. The van der Waals surface area contributed by atoms with E-state index in [2.05, 4.69) is 11.4 Å². The summed E-state index contributed by atoms with van der Waals surface area (Å²) in [6, 6.07) is 13.2. The number of hydrogen-bond acceptors (Lipinski definition) is 3. The Morgan fingerprint density at radius 1 is 1.07 bits per heavy atom. The molecule has 1 saturated heterocycles. The minimum atomic E-state index is -0.498. The Hall–Kier alpha value is -2.56. The molecule has 1 amide bonds. The van der Waals surface area contributed by atoms with E-state index in [1.165, 1.54) is 11.6 Å². The van der Waals surface area contributed by atoms with Crippen molar-refractivity contribution in [1.82, 2.24) is 4.90 Å². The van der Waals surface area contributed by atoms with Gasteiger partial charge in [-0.05, 0) is 56.9 Å². The number of carbonyl (C=O) groups is 1. The van der Waals surface area contributed by atoms with E-state index in [0.29, 0.717) is 18.7 Å². The molecule has 0 aromatic heterocycles. The fraction of sp³-hybridized carbons (Fsp3) is 0.435. The Kier molecular flexibility index (Phi) is 4.77. The second-order valence-corrected chi connectivity index (χ2v) is 8.65. The number of hydrogen-bond donors (Lipinski definition) is 1. The summed E-state index contributed by atoms with van der Waals surface area (Å²) in [6.45, 7) is 6.96. The van der Waals surface area contributed by atoms with Gasteiger partial charge in [0.2, 0.25) is 0 Å². The van der Waals surface area contributed by atoms with Gasteiger partial charge in [0.15, 0.2) is 0 Å². The monoisotopic (exact) mass is 382 g/mol. The van der Waals surface area contributed by atoms with E-state index in [4.69, 9.17) is 4.74 Å². The third kappa shape index (κ3) is 3.58. The summed E-state index contributed by atoms with van der Waals surface area (Å²) < 4.78 is 20.0. The first-order valence-corrected chi connectivity index (χ1v) is 9.96. The van der Waals surface area contributed by atoms with Gasteiger partial charge in [0, 0.05) is 36.3 Å². The molecule has 0 bridgehead atoms. The van der Waals surface area contributed by atoms with Crippen LogP contribution < -0.4 is 5.32 Å². The molecule has 2 aliphatic heterocycles. The molecule has 2 heterocycles. The molecular weight excluding hydrogens is 355 g/mol. The molecule has 28 heavy (non-hydrogen) atoms. The van der Waals surface area contributed by atoms with Gasteiger partial charge in [-0.15, -0.1) is 0 Å². The molecule has 0 spiro atoms. The van der Waals surface area contributed by atoms with Crippen LogP contribution >= 0.6 is 0 Å². The van der Waals surface area contributed by atoms with Gasteiger partial charge >= 0.3 is 6.09 Å². The lowest BCUT2D eigenvalue weighted by Gasteiger charge is -2.26. The van der Waals surface area contributed by atoms with Gasteiger partial charge in [-0.1, -0.05) is 30.3 Å². The summed E-state index contributed by atoms with van der Waals surface area (Å²) >= 11 is 0. The van der Waals surface area contributed by atoms with E-state index in [-0.39, 0.29) is 23.9 Å². The van der Waals surface area contributed by atoms with Gasteiger partial charge in [-0.3, -0.25) is 0 Å². The average molecular weight is 382 g/mol. The molecular formula is C23H27FN2O2. The average Bonchev–Trinajstić information content (AvgIpc) is 2.85. The SMILES string of the molecule is CC(C)(C)OC(=O)N1CC[C@@H]2Nc3cccc(-c4ccccc4F)c3[C@H]2CC1. The smallest absolute Gasteiger partial charge is 0.410 e. The van der Waals surface area contributed by atoms with Gasteiger partial charge in [0.25, 0.3) is 0 Å².